The maximum absolute atomic E-state index is 12.6. The molecule has 0 aliphatic carbocycles. The number of carbonyl (C=O) groups excluding carboxylic acids is 4. The molecule has 0 aliphatic heterocycles. The van der Waals surface area contributed by atoms with Gasteiger partial charge in [-0.05, 0) is 12.8 Å². The summed E-state index contributed by atoms with van der Waals surface area (Å²) in [5.41, 5.74) is 10.7. The number of aliphatic carboxylic acids is 2. The summed E-state index contributed by atoms with van der Waals surface area (Å²) in [6.45, 7) is 4.58. The van der Waals surface area contributed by atoms with Gasteiger partial charge >= 0.3 is 11.9 Å². The Bertz CT molecular complexity index is 728. The highest BCUT2D eigenvalue weighted by atomic mass is 16.4. The van der Waals surface area contributed by atoms with Crippen molar-refractivity contribution in [1.29, 1.82) is 0 Å². The number of nitrogens with one attached hydrogen (secondary N) is 3. The van der Waals surface area contributed by atoms with E-state index in [0.29, 0.717) is 6.42 Å². The molecule has 4 amide bonds. The fraction of sp³-hybridized carbons (Fsp3) is 0.667. The summed E-state index contributed by atoms with van der Waals surface area (Å²) in [5.74, 6) is -7.38. The zero-order valence-corrected chi connectivity index (χ0v) is 18.0. The van der Waals surface area contributed by atoms with E-state index in [1.165, 1.54) is 0 Å². The van der Waals surface area contributed by atoms with E-state index in [0.717, 1.165) is 6.92 Å². The van der Waals surface area contributed by atoms with Gasteiger partial charge in [-0.15, -0.1) is 0 Å². The molecule has 6 unspecified atom stereocenters. The van der Waals surface area contributed by atoms with Gasteiger partial charge in [-0.1, -0.05) is 20.3 Å². The van der Waals surface area contributed by atoms with Crippen LogP contribution >= 0.6 is 0 Å². The molecule has 0 saturated heterocycles. The molecular weight excluding hydrogens is 430 g/mol. The number of hydrogen-bond acceptors (Lipinski definition) is 8. The van der Waals surface area contributed by atoms with Gasteiger partial charge in [-0.25, -0.2) is 4.79 Å². The zero-order chi connectivity index (χ0) is 25.2. The number of aliphatic hydroxyl groups excluding tert-OH is 1. The van der Waals surface area contributed by atoms with Gasteiger partial charge in [0.25, 0.3) is 0 Å². The van der Waals surface area contributed by atoms with Crippen molar-refractivity contribution in [1.82, 2.24) is 16.0 Å². The van der Waals surface area contributed by atoms with E-state index in [1.807, 2.05) is 5.32 Å². The number of nitrogens with two attached hydrogens (primary N) is 2. The Morgan fingerprint density at radius 1 is 0.844 bits per heavy atom. The van der Waals surface area contributed by atoms with Crippen LogP contribution in [-0.4, -0.2) is 81.2 Å². The van der Waals surface area contributed by atoms with Gasteiger partial charge in [0, 0.05) is 0 Å². The number of amides is 4. The minimum atomic E-state index is -1.73. The lowest BCUT2D eigenvalue weighted by Gasteiger charge is -2.26. The number of carboxylic acids is 2. The average molecular weight is 461 g/mol. The molecule has 32 heavy (non-hydrogen) atoms. The van der Waals surface area contributed by atoms with E-state index in [1.54, 1.807) is 13.8 Å². The maximum Gasteiger partial charge on any atom is 0.326 e. The Labute approximate surface area is 184 Å². The lowest BCUT2D eigenvalue weighted by Crippen LogP contribution is -2.60. The third kappa shape index (κ3) is 9.70. The van der Waals surface area contributed by atoms with Gasteiger partial charge in [-0.2, -0.15) is 0 Å². The van der Waals surface area contributed by atoms with Gasteiger partial charge in [0.05, 0.1) is 25.0 Å². The maximum atomic E-state index is 12.6. The predicted octanol–water partition coefficient (Wildman–Crippen LogP) is -3.37. The minimum Gasteiger partial charge on any atom is -0.481 e. The molecule has 6 atom stereocenters. The molecule has 0 radical (unpaired) electrons. The Kier molecular flexibility index (Phi) is 11.9. The molecule has 0 aromatic heterocycles. The molecule has 14 nitrogen and oxygen atoms in total. The van der Waals surface area contributed by atoms with Crippen LogP contribution in [0.2, 0.25) is 0 Å². The van der Waals surface area contributed by atoms with Crippen molar-refractivity contribution in [2.24, 2.45) is 17.4 Å². The Morgan fingerprint density at radius 3 is 1.78 bits per heavy atom. The van der Waals surface area contributed by atoms with E-state index in [9.17, 15) is 33.9 Å². The van der Waals surface area contributed by atoms with Crippen LogP contribution in [0, 0.1) is 5.92 Å². The smallest absolute Gasteiger partial charge is 0.326 e. The fourth-order valence-electron chi connectivity index (χ4n) is 2.49. The van der Waals surface area contributed by atoms with Crippen molar-refractivity contribution in [2.75, 3.05) is 0 Å². The Hall–Kier alpha value is -3.26. The monoisotopic (exact) mass is 461 g/mol. The lowest BCUT2D eigenvalue weighted by molar-refractivity contribution is -0.145. The van der Waals surface area contributed by atoms with Crippen LogP contribution in [-0.2, 0) is 28.8 Å². The van der Waals surface area contributed by atoms with Gasteiger partial charge in [0.2, 0.25) is 23.6 Å². The summed E-state index contributed by atoms with van der Waals surface area (Å²) >= 11 is 0. The van der Waals surface area contributed by atoms with Crippen LogP contribution in [0.1, 0.15) is 40.0 Å². The first-order chi connectivity index (χ1) is 14.7. The van der Waals surface area contributed by atoms with Crippen molar-refractivity contribution >= 4 is 35.6 Å². The first-order valence-corrected chi connectivity index (χ1v) is 9.78. The molecule has 182 valence electrons. The topological polar surface area (TPSA) is 251 Å². The molecule has 0 aromatic rings. The second kappa shape index (κ2) is 13.2. The SMILES string of the molecule is CCC(C)C(N)C(=O)NC(CC(=O)O)C(=O)NC(C(=O)NC(CC(N)=O)C(=O)O)C(C)O. The quantitative estimate of drug-likeness (QED) is 0.127. The van der Waals surface area contributed by atoms with Crippen LogP contribution < -0.4 is 27.4 Å². The minimum absolute atomic E-state index is 0.266. The van der Waals surface area contributed by atoms with E-state index in [4.69, 9.17) is 21.7 Å². The number of hydrogen-bond donors (Lipinski definition) is 8. The van der Waals surface area contributed by atoms with Crippen molar-refractivity contribution in [3.05, 3.63) is 0 Å². The van der Waals surface area contributed by atoms with Crippen LogP contribution in [0.25, 0.3) is 0 Å². The molecule has 0 bridgehead atoms. The van der Waals surface area contributed by atoms with Crippen LogP contribution in [0.4, 0.5) is 0 Å². The van der Waals surface area contributed by atoms with E-state index in [-0.39, 0.29) is 5.92 Å². The summed E-state index contributed by atoms with van der Waals surface area (Å²) < 4.78 is 0. The number of carboxylic acid groups (broad SMARTS) is 2. The normalized spacial score (nSPS) is 16.4. The van der Waals surface area contributed by atoms with Crippen molar-refractivity contribution < 1.29 is 44.1 Å². The summed E-state index contributed by atoms with van der Waals surface area (Å²) in [6, 6.07) is -6.11. The molecule has 0 fully saturated rings. The Morgan fingerprint density at radius 2 is 1.38 bits per heavy atom. The van der Waals surface area contributed by atoms with Crippen LogP contribution in [0.15, 0.2) is 0 Å². The standard InChI is InChI=1S/C18H31N5O9/c1-4-7(2)13(20)16(29)21-9(6-12(26)27)15(28)23-14(8(3)24)17(30)22-10(18(31)32)5-11(19)25/h7-10,13-14,24H,4-6,20H2,1-3H3,(H2,19,25)(H,21,29)(H,22,30)(H,23,28)(H,26,27)(H,31,32). The fourth-order valence-corrected chi connectivity index (χ4v) is 2.49. The van der Waals surface area contributed by atoms with Gasteiger partial charge < -0.3 is 42.7 Å². The molecule has 0 saturated carbocycles. The summed E-state index contributed by atoms with van der Waals surface area (Å²) in [7, 11) is 0. The molecule has 0 aliphatic rings. The van der Waals surface area contributed by atoms with Gasteiger partial charge in [0.1, 0.15) is 18.1 Å². The van der Waals surface area contributed by atoms with Gasteiger partial charge in [0.15, 0.2) is 0 Å². The third-order valence-corrected chi connectivity index (χ3v) is 4.65. The van der Waals surface area contributed by atoms with E-state index in [2.05, 4.69) is 10.6 Å². The summed E-state index contributed by atoms with van der Waals surface area (Å²) in [5, 5.41) is 34.2. The number of aliphatic hydroxyl groups is 1. The van der Waals surface area contributed by atoms with Crippen LogP contribution in [0.3, 0.4) is 0 Å². The first-order valence-electron chi connectivity index (χ1n) is 9.78. The first kappa shape index (κ1) is 28.7. The molecule has 0 spiro atoms. The second-order valence-electron chi connectivity index (χ2n) is 7.37. The van der Waals surface area contributed by atoms with Crippen molar-refractivity contribution in [3.63, 3.8) is 0 Å². The number of primary amides is 1. The highest BCUT2D eigenvalue weighted by Crippen LogP contribution is 2.07. The predicted molar refractivity (Wildman–Crippen MR) is 109 cm³/mol. The van der Waals surface area contributed by atoms with Gasteiger partial charge in [-0.3, -0.25) is 24.0 Å². The molecule has 0 rings (SSSR count). The van der Waals surface area contributed by atoms with Crippen molar-refractivity contribution in [2.45, 2.75) is 70.3 Å². The molecule has 10 N–H and O–H groups in total. The lowest BCUT2D eigenvalue weighted by atomic mass is 9.99. The highest BCUT2D eigenvalue weighted by molar-refractivity contribution is 5.96. The van der Waals surface area contributed by atoms with Crippen molar-refractivity contribution in [3.8, 4) is 0 Å². The average Bonchev–Trinajstić information content (AvgIpc) is 2.68. The highest BCUT2D eigenvalue weighted by Gasteiger charge is 2.34. The molecule has 0 aromatic carbocycles. The molecule has 0 heterocycles. The summed E-state index contributed by atoms with van der Waals surface area (Å²) in [6.07, 6.45) is -2.60. The molecule has 14 heteroatoms. The Balaban J connectivity index is 5.50. The summed E-state index contributed by atoms with van der Waals surface area (Å²) in [4.78, 5) is 70.5. The van der Waals surface area contributed by atoms with Crippen LogP contribution in [0.5, 0.6) is 0 Å². The van der Waals surface area contributed by atoms with E-state index < -0.39 is 78.7 Å². The number of carbonyl (C=O) groups is 6. The van der Waals surface area contributed by atoms with E-state index >= 15 is 0 Å². The third-order valence-electron chi connectivity index (χ3n) is 4.65. The largest absolute Gasteiger partial charge is 0.481 e. The zero-order valence-electron chi connectivity index (χ0n) is 18.0. The second-order valence-corrected chi connectivity index (χ2v) is 7.37. The molecular formula is C18H31N5O9. The number of rotatable bonds is 14.